The topological polar surface area (TPSA) is 72.6 Å². The third-order valence-electron chi connectivity index (χ3n) is 2.25. The van der Waals surface area contributed by atoms with Crippen molar-refractivity contribution in [2.75, 3.05) is 19.7 Å². The molecule has 0 saturated carbocycles. The van der Waals surface area contributed by atoms with Crippen LogP contribution in [-0.4, -0.2) is 32.4 Å². The predicted molar refractivity (Wildman–Crippen MR) is 57.7 cm³/mol. The normalized spacial score (nSPS) is 24.2. The van der Waals surface area contributed by atoms with Crippen LogP contribution in [0, 0.1) is 0 Å². The van der Waals surface area contributed by atoms with E-state index in [2.05, 4.69) is 0 Å². The summed E-state index contributed by atoms with van der Waals surface area (Å²) >= 11 is 1.55. The summed E-state index contributed by atoms with van der Waals surface area (Å²) in [5, 5.41) is 7.01. The second-order valence-corrected chi connectivity index (χ2v) is 5.80. The summed E-state index contributed by atoms with van der Waals surface area (Å²) in [5.41, 5.74) is 0. The first kappa shape index (κ1) is 11.0. The molecular formula is C8H12N2O3S2. The van der Waals surface area contributed by atoms with Crippen molar-refractivity contribution in [2.45, 2.75) is 6.10 Å². The van der Waals surface area contributed by atoms with Gasteiger partial charge in [-0.3, -0.25) is 0 Å². The number of nitrogens with zero attached hydrogens (tertiary/aromatic N) is 1. The van der Waals surface area contributed by atoms with Crippen LogP contribution in [-0.2, 0) is 14.9 Å². The van der Waals surface area contributed by atoms with Gasteiger partial charge in [0, 0.05) is 18.0 Å². The molecule has 0 aromatic carbocycles. The van der Waals surface area contributed by atoms with Crippen LogP contribution in [0.3, 0.4) is 0 Å². The largest absolute Gasteiger partial charge is 0.370 e. The Balaban J connectivity index is 2.12. The molecule has 0 radical (unpaired) electrons. The molecule has 1 aliphatic heterocycles. The number of nitrogens with two attached hydrogens (primary N) is 1. The molecule has 7 heteroatoms. The first-order valence-corrected chi connectivity index (χ1v) is 6.88. The Labute approximate surface area is 92.6 Å². The predicted octanol–water partition coefficient (Wildman–Crippen LogP) is 0.325. The lowest BCUT2D eigenvalue weighted by Crippen LogP contribution is -2.45. The average molecular weight is 248 g/mol. The lowest BCUT2D eigenvalue weighted by Gasteiger charge is -2.30. The first-order chi connectivity index (χ1) is 7.07. The summed E-state index contributed by atoms with van der Waals surface area (Å²) in [6.45, 7) is 1.03. The van der Waals surface area contributed by atoms with Gasteiger partial charge in [0.05, 0.1) is 6.61 Å². The number of hydrogen-bond donors (Lipinski definition) is 1. The molecule has 0 unspecified atom stereocenters. The van der Waals surface area contributed by atoms with E-state index in [0.717, 1.165) is 4.88 Å². The van der Waals surface area contributed by atoms with Crippen molar-refractivity contribution in [3.63, 3.8) is 0 Å². The fourth-order valence-corrected chi connectivity index (χ4v) is 2.94. The van der Waals surface area contributed by atoms with E-state index in [9.17, 15) is 8.42 Å². The maximum absolute atomic E-state index is 11.2. The number of hydrogen-bond acceptors (Lipinski definition) is 4. The number of ether oxygens (including phenoxy) is 1. The average Bonchev–Trinajstić information content (AvgIpc) is 2.69. The molecular weight excluding hydrogens is 236 g/mol. The van der Waals surface area contributed by atoms with Crippen LogP contribution in [0.25, 0.3) is 0 Å². The van der Waals surface area contributed by atoms with Crippen molar-refractivity contribution < 1.29 is 13.2 Å². The molecule has 0 bridgehead atoms. The van der Waals surface area contributed by atoms with Crippen molar-refractivity contribution in [1.29, 1.82) is 0 Å². The Morgan fingerprint density at radius 1 is 1.60 bits per heavy atom. The van der Waals surface area contributed by atoms with Gasteiger partial charge in [-0.05, 0) is 11.4 Å². The third-order valence-corrected chi connectivity index (χ3v) is 4.27. The molecule has 2 rings (SSSR count). The Bertz CT molecular complexity index is 415. The van der Waals surface area contributed by atoms with Gasteiger partial charge in [0.1, 0.15) is 6.10 Å². The monoisotopic (exact) mass is 248 g/mol. The van der Waals surface area contributed by atoms with Crippen molar-refractivity contribution >= 4 is 21.5 Å². The van der Waals surface area contributed by atoms with E-state index in [-0.39, 0.29) is 6.10 Å². The van der Waals surface area contributed by atoms with E-state index in [0.29, 0.717) is 19.7 Å². The SMILES string of the molecule is NS(=O)(=O)N1CCO[C@H](c2cccs2)C1. The second kappa shape index (κ2) is 4.18. The van der Waals surface area contributed by atoms with Crippen LogP contribution in [0.4, 0.5) is 0 Å². The standard InChI is InChI=1S/C8H12N2O3S2/c9-15(11,12)10-3-4-13-7(6-10)8-2-1-5-14-8/h1-2,5,7H,3-4,6H2,(H2,9,11,12)/t7-/m0/s1. The summed E-state index contributed by atoms with van der Waals surface area (Å²) < 4.78 is 29.1. The lowest BCUT2D eigenvalue weighted by molar-refractivity contribution is -0.000499. The van der Waals surface area contributed by atoms with Gasteiger partial charge in [0.2, 0.25) is 0 Å². The molecule has 1 fully saturated rings. The number of morpholine rings is 1. The van der Waals surface area contributed by atoms with Crippen molar-refractivity contribution in [2.24, 2.45) is 5.14 Å². The van der Waals surface area contributed by atoms with Gasteiger partial charge in [-0.1, -0.05) is 6.07 Å². The van der Waals surface area contributed by atoms with Gasteiger partial charge in [-0.2, -0.15) is 12.7 Å². The molecule has 1 saturated heterocycles. The highest BCUT2D eigenvalue weighted by Gasteiger charge is 2.28. The van der Waals surface area contributed by atoms with Crippen LogP contribution in [0.2, 0.25) is 0 Å². The highest BCUT2D eigenvalue weighted by molar-refractivity contribution is 7.86. The van der Waals surface area contributed by atoms with Crippen LogP contribution in [0.5, 0.6) is 0 Å². The van der Waals surface area contributed by atoms with Crippen LogP contribution in [0.15, 0.2) is 17.5 Å². The van der Waals surface area contributed by atoms with E-state index in [1.165, 1.54) is 4.31 Å². The molecule has 1 aliphatic rings. The molecule has 15 heavy (non-hydrogen) atoms. The highest BCUT2D eigenvalue weighted by atomic mass is 32.2. The molecule has 1 aromatic rings. The van der Waals surface area contributed by atoms with Crippen LogP contribution in [0.1, 0.15) is 11.0 Å². The number of rotatable bonds is 2. The van der Waals surface area contributed by atoms with E-state index in [1.807, 2.05) is 17.5 Å². The van der Waals surface area contributed by atoms with Crippen LogP contribution >= 0.6 is 11.3 Å². The molecule has 84 valence electrons. The quantitative estimate of drug-likeness (QED) is 0.819. The minimum Gasteiger partial charge on any atom is -0.370 e. The minimum absolute atomic E-state index is 0.183. The molecule has 2 N–H and O–H groups in total. The summed E-state index contributed by atoms with van der Waals surface area (Å²) in [6, 6.07) is 3.85. The molecule has 2 heterocycles. The van der Waals surface area contributed by atoms with E-state index >= 15 is 0 Å². The lowest BCUT2D eigenvalue weighted by atomic mass is 10.2. The molecule has 0 spiro atoms. The summed E-state index contributed by atoms with van der Waals surface area (Å²) in [5.74, 6) is 0. The summed E-state index contributed by atoms with van der Waals surface area (Å²) in [4.78, 5) is 1.03. The van der Waals surface area contributed by atoms with Gasteiger partial charge in [-0.15, -0.1) is 11.3 Å². The highest BCUT2D eigenvalue weighted by Crippen LogP contribution is 2.26. The third kappa shape index (κ3) is 2.56. The maximum Gasteiger partial charge on any atom is 0.277 e. The van der Waals surface area contributed by atoms with Gasteiger partial charge in [0.15, 0.2) is 0 Å². The summed E-state index contributed by atoms with van der Waals surface area (Å²) in [7, 11) is -3.59. The van der Waals surface area contributed by atoms with Crippen LogP contribution < -0.4 is 5.14 Å². The Morgan fingerprint density at radius 3 is 3.00 bits per heavy atom. The smallest absolute Gasteiger partial charge is 0.277 e. The Kier molecular flexibility index (Phi) is 3.08. The fraction of sp³-hybridized carbons (Fsp3) is 0.500. The zero-order valence-corrected chi connectivity index (χ0v) is 9.63. The van der Waals surface area contributed by atoms with Gasteiger partial charge in [0.25, 0.3) is 10.2 Å². The van der Waals surface area contributed by atoms with E-state index < -0.39 is 10.2 Å². The zero-order chi connectivity index (χ0) is 10.9. The second-order valence-electron chi connectivity index (χ2n) is 3.28. The summed E-state index contributed by atoms with van der Waals surface area (Å²) in [6.07, 6.45) is -0.183. The van der Waals surface area contributed by atoms with Crippen molar-refractivity contribution in [3.05, 3.63) is 22.4 Å². The van der Waals surface area contributed by atoms with E-state index in [4.69, 9.17) is 9.88 Å². The van der Waals surface area contributed by atoms with Crippen molar-refractivity contribution in [1.82, 2.24) is 4.31 Å². The molecule has 0 amide bonds. The fourth-order valence-electron chi connectivity index (χ4n) is 1.50. The van der Waals surface area contributed by atoms with E-state index in [1.54, 1.807) is 11.3 Å². The van der Waals surface area contributed by atoms with Gasteiger partial charge in [-0.25, -0.2) is 5.14 Å². The number of thiophene rings is 1. The molecule has 1 aromatic heterocycles. The van der Waals surface area contributed by atoms with Crippen molar-refractivity contribution in [3.8, 4) is 0 Å². The maximum atomic E-state index is 11.2. The first-order valence-electron chi connectivity index (χ1n) is 4.50. The van der Waals surface area contributed by atoms with Gasteiger partial charge >= 0.3 is 0 Å². The Hall–Kier alpha value is -0.470. The van der Waals surface area contributed by atoms with Gasteiger partial charge < -0.3 is 4.74 Å². The Morgan fingerprint density at radius 2 is 2.40 bits per heavy atom. The molecule has 0 aliphatic carbocycles. The minimum atomic E-state index is -3.59. The zero-order valence-electron chi connectivity index (χ0n) is 8.00. The molecule has 1 atom stereocenters. The molecule has 5 nitrogen and oxygen atoms in total.